The molecule has 0 fully saturated rings. The summed E-state index contributed by atoms with van der Waals surface area (Å²) in [7, 11) is 0. The number of hydrogen-bond acceptors (Lipinski definition) is 3. The van der Waals surface area contributed by atoms with Crippen LogP contribution in [0.25, 0.3) is 0 Å². The predicted molar refractivity (Wildman–Crippen MR) is 76.8 cm³/mol. The van der Waals surface area contributed by atoms with E-state index in [2.05, 4.69) is 34.7 Å². The van der Waals surface area contributed by atoms with Crippen molar-refractivity contribution in [2.24, 2.45) is 0 Å². The van der Waals surface area contributed by atoms with Crippen molar-refractivity contribution in [3.63, 3.8) is 0 Å². The quantitative estimate of drug-likeness (QED) is 0.826. The van der Waals surface area contributed by atoms with Gasteiger partial charge >= 0.3 is 0 Å². The first-order valence-corrected chi connectivity index (χ1v) is 6.93. The molecule has 0 saturated heterocycles. The standard InChI is InChI=1S/C13H20BrN3/c1-3-8(2)17-5-4-9-10(7-17)13(16)12(15)6-11(9)14/h6,8H,3-5,7,15-16H2,1-2H3. The summed E-state index contributed by atoms with van der Waals surface area (Å²) in [6, 6.07) is 2.52. The molecule has 1 aromatic rings. The second-order valence-corrected chi connectivity index (χ2v) is 5.65. The van der Waals surface area contributed by atoms with E-state index in [1.807, 2.05) is 6.07 Å². The predicted octanol–water partition coefficient (Wildman–Crippen LogP) is 2.77. The van der Waals surface area contributed by atoms with Crippen LogP contribution in [0.5, 0.6) is 0 Å². The van der Waals surface area contributed by atoms with Gasteiger partial charge in [-0.15, -0.1) is 0 Å². The van der Waals surface area contributed by atoms with Gasteiger partial charge in [0.25, 0.3) is 0 Å². The Hall–Kier alpha value is -0.740. The lowest BCUT2D eigenvalue weighted by atomic mass is 9.96. The molecule has 94 valence electrons. The summed E-state index contributed by atoms with van der Waals surface area (Å²) in [4.78, 5) is 2.48. The van der Waals surface area contributed by atoms with Crippen LogP contribution in [0.15, 0.2) is 10.5 Å². The SMILES string of the molecule is CCC(C)N1CCc2c(Br)cc(N)c(N)c2C1. The zero-order chi connectivity index (χ0) is 12.6. The molecule has 1 aliphatic rings. The fraction of sp³-hybridized carbons (Fsp3) is 0.538. The Morgan fingerprint density at radius 1 is 1.41 bits per heavy atom. The Labute approximate surface area is 111 Å². The number of rotatable bonds is 2. The molecule has 4 heteroatoms. The van der Waals surface area contributed by atoms with Crippen molar-refractivity contribution >= 4 is 27.3 Å². The fourth-order valence-electron chi connectivity index (χ4n) is 2.41. The van der Waals surface area contributed by atoms with Gasteiger partial charge in [0.1, 0.15) is 0 Å². The second-order valence-electron chi connectivity index (χ2n) is 4.80. The molecule has 1 unspecified atom stereocenters. The first-order chi connectivity index (χ1) is 8.04. The molecule has 1 aromatic carbocycles. The van der Waals surface area contributed by atoms with E-state index in [9.17, 15) is 0 Å². The number of nitrogens with two attached hydrogens (primary N) is 2. The van der Waals surface area contributed by atoms with Gasteiger partial charge in [0.05, 0.1) is 11.4 Å². The molecule has 1 aliphatic heterocycles. The third kappa shape index (κ3) is 2.29. The van der Waals surface area contributed by atoms with Crippen molar-refractivity contribution in [1.29, 1.82) is 0 Å². The van der Waals surface area contributed by atoms with E-state index < -0.39 is 0 Å². The zero-order valence-electron chi connectivity index (χ0n) is 10.5. The average molecular weight is 298 g/mol. The molecule has 0 aliphatic carbocycles. The molecule has 17 heavy (non-hydrogen) atoms. The smallest absolute Gasteiger partial charge is 0.0597 e. The molecule has 0 saturated carbocycles. The van der Waals surface area contributed by atoms with Crippen LogP contribution in [0.1, 0.15) is 31.4 Å². The number of benzene rings is 1. The number of nitrogens with zero attached hydrogens (tertiary/aromatic N) is 1. The van der Waals surface area contributed by atoms with E-state index in [1.165, 1.54) is 17.5 Å². The highest BCUT2D eigenvalue weighted by atomic mass is 79.9. The summed E-state index contributed by atoms with van der Waals surface area (Å²) in [5.41, 5.74) is 16.0. The number of anilines is 2. The van der Waals surface area contributed by atoms with Crippen molar-refractivity contribution in [3.8, 4) is 0 Å². The first-order valence-electron chi connectivity index (χ1n) is 6.13. The van der Waals surface area contributed by atoms with E-state index in [-0.39, 0.29) is 0 Å². The van der Waals surface area contributed by atoms with Crippen LogP contribution in [0.4, 0.5) is 11.4 Å². The Kier molecular flexibility index (Phi) is 3.64. The third-order valence-corrected chi connectivity index (χ3v) is 4.50. The number of halogens is 1. The minimum Gasteiger partial charge on any atom is -0.397 e. The second kappa shape index (κ2) is 4.86. The Morgan fingerprint density at radius 3 is 2.76 bits per heavy atom. The van der Waals surface area contributed by atoms with Gasteiger partial charge in [-0.25, -0.2) is 0 Å². The maximum absolute atomic E-state index is 6.10. The van der Waals surface area contributed by atoms with E-state index in [0.717, 1.165) is 29.7 Å². The fourth-order valence-corrected chi connectivity index (χ4v) is 3.09. The van der Waals surface area contributed by atoms with Crippen LogP contribution in [0.3, 0.4) is 0 Å². The van der Waals surface area contributed by atoms with Gasteiger partial charge in [-0.05, 0) is 37.0 Å². The Balaban J connectivity index is 2.37. The number of hydrogen-bond donors (Lipinski definition) is 2. The van der Waals surface area contributed by atoms with Gasteiger partial charge in [-0.2, -0.15) is 0 Å². The highest BCUT2D eigenvalue weighted by molar-refractivity contribution is 9.10. The Morgan fingerprint density at radius 2 is 2.12 bits per heavy atom. The molecule has 1 heterocycles. The molecule has 0 aromatic heterocycles. The van der Waals surface area contributed by atoms with E-state index in [4.69, 9.17) is 11.5 Å². The van der Waals surface area contributed by atoms with Crippen LogP contribution in [0, 0.1) is 0 Å². The van der Waals surface area contributed by atoms with Gasteiger partial charge in [-0.1, -0.05) is 22.9 Å². The van der Waals surface area contributed by atoms with E-state index in [1.54, 1.807) is 0 Å². The normalized spacial score (nSPS) is 17.8. The van der Waals surface area contributed by atoms with Crippen molar-refractivity contribution in [3.05, 3.63) is 21.7 Å². The lowest BCUT2D eigenvalue weighted by Crippen LogP contribution is -2.37. The topological polar surface area (TPSA) is 55.3 Å². The molecule has 4 N–H and O–H groups in total. The molecule has 3 nitrogen and oxygen atoms in total. The molecule has 0 radical (unpaired) electrons. The van der Waals surface area contributed by atoms with Crippen LogP contribution < -0.4 is 11.5 Å². The molecule has 2 rings (SSSR count). The summed E-state index contributed by atoms with van der Waals surface area (Å²) in [6.07, 6.45) is 2.21. The van der Waals surface area contributed by atoms with Gasteiger partial charge in [0.15, 0.2) is 0 Å². The van der Waals surface area contributed by atoms with E-state index >= 15 is 0 Å². The monoisotopic (exact) mass is 297 g/mol. The van der Waals surface area contributed by atoms with Gasteiger partial charge in [-0.3, -0.25) is 4.90 Å². The maximum Gasteiger partial charge on any atom is 0.0597 e. The van der Waals surface area contributed by atoms with Crippen LogP contribution >= 0.6 is 15.9 Å². The first kappa shape index (κ1) is 12.7. The van der Waals surface area contributed by atoms with Crippen LogP contribution in [-0.2, 0) is 13.0 Å². The molecule has 0 bridgehead atoms. The Bertz CT molecular complexity index is 431. The number of nitrogen functional groups attached to an aromatic ring is 2. The molecular weight excluding hydrogens is 278 g/mol. The van der Waals surface area contributed by atoms with Crippen molar-refractivity contribution < 1.29 is 0 Å². The van der Waals surface area contributed by atoms with Gasteiger partial charge in [0, 0.05) is 23.6 Å². The third-order valence-electron chi connectivity index (χ3n) is 3.80. The zero-order valence-corrected chi connectivity index (χ0v) is 12.0. The maximum atomic E-state index is 6.10. The minimum atomic E-state index is 0.600. The largest absolute Gasteiger partial charge is 0.397 e. The van der Waals surface area contributed by atoms with Gasteiger partial charge < -0.3 is 11.5 Å². The summed E-state index contributed by atoms with van der Waals surface area (Å²) in [6.45, 7) is 6.51. The highest BCUT2D eigenvalue weighted by Gasteiger charge is 2.24. The van der Waals surface area contributed by atoms with Crippen molar-refractivity contribution in [2.45, 2.75) is 39.3 Å². The van der Waals surface area contributed by atoms with Crippen molar-refractivity contribution in [2.75, 3.05) is 18.0 Å². The summed E-state index contributed by atoms with van der Waals surface area (Å²) < 4.78 is 1.10. The van der Waals surface area contributed by atoms with Gasteiger partial charge in [0.2, 0.25) is 0 Å². The molecule has 0 spiro atoms. The lowest BCUT2D eigenvalue weighted by molar-refractivity contribution is 0.186. The lowest BCUT2D eigenvalue weighted by Gasteiger charge is -2.34. The van der Waals surface area contributed by atoms with Crippen LogP contribution in [-0.4, -0.2) is 17.5 Å². The summed E-state index contributed by atoms with van der Waals surface area (Å²) >= 11 is 3.59. The molecule has 1 atom stereocenters. The van der Waals surface area contributed by atoms with Crippen LogP contribution in [0.2, 0.25) is 0 Å². The molecule has 0 amide bonds. The number of fused-ring (bicyclic) bond motifs is 1. The van der Waals surface area contributed by atoms with Crippen molar-refractivity contribution in [1.82, 2.24) is 4.90 Å². The molecular formula is C13H20BrN3. The highest BCUT2D eigenvalue weighted by Crippen LogP contribution is 2.35. The summed E-state index contributed by atoms with van der Waals surface area (Å²) in [5, 5.41) is 0. The summed E-state index contributed by atoms with van der Waals surface area (Å²) in [5.74, 6) is 0. The van der Waals surface area contributed by atoms with E-state index in [0.29, 0.717) is 11.7 Å². The average Bonchev–Trinajstić information content (AvgIpc) is 2.34. The minimum absolute atomic E-state index is 0.600.